The highest BCUT2D eigenvalue weighted by Gasteiger charge is 2.28. The van der Waals surface area contributed by atoms with E-state index < -0.39 is 33.1 Å². The predicted molar refractivity (Wildman–Crippen MR) is 91.0 cm³/mol. The number of non-ortho nitro benzene ring substituents is 2. The third-order valence-corrected chi connectivity index (χ3v) is 5.16. The Hall–Kier alpha value is -3.34. The topological polar surface area (TPSA) is 153 Å². The summed E-state index contributed by atoms with van der Waals surface area (Å²) in [5.74, 6) is -2.02. The average Bonchev–Trinajstić information content (AvgIpc) is 3.14. The maximum absolute atomic E-state index is 12.4. The highest BCUT2D eigenvalue weighted by atomic mass is 32.1. The molecule has 0 unspecified atom stereocenters. The molecule has 1 aromatic heterocycles. The van der Waals surface area contributed by atoms with E-state index in [-0.39, 0.29) is 16.1 Å². The van der Waals surface area contributed by atoms with Crippen LogP contribution in [0.25, 0.3) is 0 Å². The van der Waals surface area contributed by atoms with Crippen molar-refractivity contribution in [2.75, 3.05) is 5.32 Å². The fourth-order valence-corrected chi connectivity index (χ4v) is 4.11. The Kier molecular flexibility index (Phi) is 4.38. The lowest BCUT2D eigenvalue weighted by atomic mass is 10.1. The van der Waals surface area contributed by atoms with Gasteiger partial charge in [0.05, 0.1) is 27.0 Å². The number of nitrogens with zero attached hydrogens (tertiary/aromatic N) is 2. The summed E-state index contributed by atoms with van der Waals surface area (Å²) in [5.41, 5.74) is -0.803. The Balaban J connectivity index is 1.98. The van der Waals surface area contributed by atoms with Gasteiger partial charge < -0.3 is 10.4 Å². The van der Waals surface area contributed by atoms with E-state index in [0.717, 1.165) is 47.3 Å². The minimum atomic E-state index is -1.18. The Labute approximate surface area is 149 Å². The molecule has 1 heterocycles. The Morgan fingerprint density at radius 3 is 2.23 bits per heavy atom. The molecule has 0 aliphatic heterocycles. The van der Waals surface area contributed by atoms with Gasteiger partial charge in [-0.25, -0.2) is 4.79 Å². The highest BCUT2D eigenvalue weighted by Crippen LogP contribution is 2.39. The molecular formula is C15H11N3O7S. The standard InChI is InChI=1S/C15H11N3O7S/c19-13(7-4-8(17(22)23)6-9(5-7)18(24)25)16-14-12(15(20)21)10-2-1-3-11(10)26-14/h4-6H,1-3H2,(H,16,19)(H,20,21). The average molecular weight is 377 g/mol. The van der Waals surface area contributed by atoms with Crippen LogP contribution in [-0.2, 0) is 12.8 Å². The van der Waals surface area contributed by atoms with Crippen molar-refractivity contribution in [3.63, 3.8) is 0 Å². The fourth-order valence-electron chi connectivity index (χ4n) is 2.83. The van der Waals surface area contributed by atoms with Crippen molar-refractivity contribution in [3.05, 3.63) is 60.0 Å². The Bertz CT molecular complexity index is 934. The minimum Gasteiger partial charge on any atom is -0.478 e. The molecule has 0 saturated carbocycles. The maximum atomic E-state index is 12.4. The number of carbonyl (C=O) groups excluding carboxylic acids is 1. The Morgan fingerprint density at radius 1 is 1.08 bits per heavy atom. The summed E-state index contributed by atoms with van der Waals surface area (Å²) < 4.78 is 0. The first-order valence-electron chi connectivity index (χ1n) is 7.41. The number of nitrogens with one attached hydrogen (secondary N) is 1. The van der Waals surface area contributed by atoms with Gasteiger partial charge in [0, 0.05) is 17.0 Å². The number of carbonyl (C=O) groups is 2. The van der Waals surface area contributed by atoms with Gasteiger partial charge >= 0.3 is 5.97 Å². The zero-order chi connectivity index (χ0) is 19.0. The maximum Gasteiger partial charge on any atom is 0.339 e. The van der Waals surface area contributed by atoms with Crippen molar-refractivity contribution in [2.45, 2.75) is 19.3 Å². The van der Waals surface area contributed by atoms with Gasteiger partial charge in [-0.2, -0.15) is 0 Å². The van der Waals surface area contributed by atoms with Crippen LogP contribution in [-0.4, -0.2) is 26.8 Å². The largest absolute Gasteiger partial charge is 0.478 e. The van der Waals surface area contributed by atoms with Crippen LogP contribution < -0.4 is 5.32 Å². The zero-order valence-corrected chi connectivity index (χ0v) is 13.9. The van der Waals surface area contributed by atoms with E-state index in [1.54, 1.807) is 0 Å². The van der Waals surface area contributed by atoms with E-state index in [1.807, 2.05) is 0 Å². The van der Waals surface area contributed by atoms with Crippen molar-refractivity contribution < 1.29 is 24.5 Å². The van der Waals surface area contributed by atoms with Gasteiger partial charge in [-0.1, -0.05) is 0 Å². The number of amides is 1. The number of hydrogen-bond acceptors (Lipinski definition) is 7. The summed E-state index contributed by atoms with van der Waals surface area (Å²) in [7, 11) is 0. The first-order valence-corrected chi connectivity index (χ1v) is 8.22. The van der Waals surface area contributed by atoms with Crippen LogP contribution in [0.5, 0.6) is 0 Å². The van der Waals surface area contributed by atoms with Crippen LogP contribution in [0.1, 0.15) is 37.6 Å². The molecule has 0 saturated heterocycles. The predicted octanol–water partition coefficient (Wildman–Crippen LogP) is 3.00. The molecule has 1 aromatic carbocycles. The van der Waals surface area contributed by atoms with Crippen molar-refractivity contribution in [1.82, 2.24) is 0 Å². The fraction of sp³-hybridized carbons (Fsp3) is 0.200. The van der Waals surface area contributed by atoms with E-state index in [0.29, 0.717) is 12.0 Å². The van der Waals surface area contributed by atoms with E-state index in [4.69, 9.17) is 0 Å². The van der Waals surface area contributed by atoms with Gasteiger partial charge in [-0.15, -0.1) is 11.3 Å². The van der Waals surface area contributed by atoms with Crippen molar-refractivity contribution in [3.8, 4) is 0 Å². The number of carboxylic acids is 1. The number of carboxylic acid groups (broad SMARTS) is 1. The molecule has 0 spiro atoms. The highest BCUT2D eigenvalue weighted by molar-refractivity contribution is 7.17. The number of nitro benzene ring substituents is 2. The van der Waals surface area contributed by atoms with Crippen LogP contribution in [0.4, 0.5) is 16.4 Å². The van der Waals surface area contributed by atoms with E-state index in [9.17, 15) is 34.9 Å². The van der Waals surface area contributed by atoms with Crippen LogP contribution in [0.15, 0.2) is 18.2 Å². The Morgan fingerprint density at radius 2 is 1.69 bits per heavy atom. The molecule has 3 rings (SSSR count). The lowest BCUT2D eigenvalue weighted by Gasteiger charge is -2.06. The normalized spacial score (nSPS) is 12.5. The lowest BCUT2D eigenvalue weighted by Crippen LogP contribution is -2.14. The monoisotopic (exact) mass is 377 g/mol. The molecule has 2 aromatic rings. The molecule has 0 fully saturated rings. The van der Waals surface area contributed by atoms with Gasteiger partial charge in [0.25, 0.3) is 17.3 Å². The summed E-state index contributed by atoms with van der Waals surface area (Å²) in [6, 6.07) is 2.56. The van der Waals surface area contributed by atoms with Crippen LogP contribution in [0.3, 0.4) is 0 Å². The van der Waals surface area contributed by atoms with E-state index in [1.165, 1.54) is 0 Å². The summed E-state index contributed by atoms with van der Waals surface area (Å²) >= 11 is 1.14. The first-order chi connectivity index (χ1) is 12.3. The smallest absolute Gasteiger partial charge is 0.339 e. The summed E-state index contributed by atoms with van der Waals surface area (Å²) in [4.78, 5) is 45.0. The van der Waals surface area contributed by atoms with Crippen LogP contribution >= 0.6 is 11.3 Å². The summed E-state index contributed by atoms with van der Waals surface area (Å²) in [6.07, 6.45) is 2.16. The minimum absolute atomic E-state index is 0.00998. The van der Waals surface area contributed by atoms with Crippen molar-refractivity contribution in [2.24, 2.45) is 0 Å². The molecule has 1 aliphatic carbocycles. The molecule has 26 heavy (non-hydrogen) atoms. The number of fused-ring (bicyclic) bond motifs is 1. The van der Waals surface area contributed by atoms with Crippen molar-refractivity contribution in [1.29, 1.82) is 0 Å². The van der Waals surface area contributed by atoms with Crippen LogP contribution in [0, 0.1) is 20.2 Å². The number of hydrogen-bond donors (Lipinski definition) is 2. The molecule has 0 atom stereocenters. The van der Waals surface area contributed by atoms with Gasteiger partial charge in [0.15, 0.2) is 0 Å². The molecule has 0 radical (unpaired) electrons. The molecule has 2 N–H and O–H groups in total. The molecule has 10 nitrogen and oxygen atoms in total. The number of thiophene rings is 1. The van der Waals surface area contributed by atoms with E-state index >= 15 is 0 Å². The third-order valence-electron chi connectivity index (χ3n) is 3.95. The second kappa shape index (κ2) is 6.52. The number of aryl methyl sites for hydroxylation is 1. The third kappa shape index (κ3) is 3.11. The molecular weight excluding hydrogens is 366 g/mol. The van der Waals surface area contributed by atoms with Crippen molar-refractivity contribution >= 4 is 39.6 Å². The van der Waals surface area contributed by atoms with Gasteiger partial charge in [0.1, 0.15) is 5.00 Å². The quantitative estimate of drug-likeness (QED) is 0.600. The molecule has 1 amide bonds. The number of benzene rings is 1. The van der Waals surface area contributed by atoms with Gasteiger partial charge in [-0.3, -0.25) is 25.0 Å². The zero-order valence-electron chi connectivity index (χ0n) is 13.1. The number of anilines is 1. The summed E-state index contributed by atoms with van der Waals surface area (Å²) in [6.45, 7) is 0. The summed E-state index contributed by atoms with van der Waals surface area (Å²) in [5, 5.41) is 33.8. The second-order valence-corrected chi connectivity index (χ2v) is 6.68. The molecule has 1 aliphatic rings. The van der Waals surface area contributed by atoms with Gasteiger partial charge in [-0.05, 0) is 24.8 Å². The molecule has 11 heteroatoms. The van der Waals surface area contributed by atoms with Crippen LogP contribution in [0.2, 0.25) is 0 Å². The molecule has 0 bridgehead atoms. The lowest BCUT2D eigenvalue weighted by molar-refractivity contribution is -0.394. The van der Waals surface area contributed by atoms with E-state index in [2.05, 4.69) is 5.32 Å². The number of aromatic carboxylic acids is 1. The first kappa shape index (κ1) is 17.5. The van der Waals surface area contributed by atoms with Gasteiger partial charge in [0.2, 0.25) is 0 Å². The number of nitro groups is 2. The second-order valence-electron chi connectivity index (χ2n) is 5.57. The number of rotatable bonds is 5. The SMILES string of the molecule is O=C(Nc1sc2c(c1C(=O)O)CCC2)c1cc([N+](=O)[O-])cc([N+](=O)[O-])c1. The molecule has 134 valence electrons.